The van der Waals surface area contributed by atoms with Crippen LogP contribution in [-0.2, 0) is 9.31 Å². The summed E-state index contributed by atoms with van der Waals surface area (Å²) in [5.41, 5.74) is 6.56. The van der Waals surface area contributed by atoms with Gasteiger partial charge in [-0.1, -0.05) is 33.6 Å². The number of nitrogens with two attached hydrogens (primary N) is 1. The molecule has 2 bridgehead atoms. The van der Waals surface area contributed by atoms with Gasteiger partial charge >= 0.3 is 7.12 Å². The second-order valence-electron chi connectivity index (χ2n) is 7.64. The van der Waals surface area contributed by atoms with Gasteiger partial charge in [-0.2, -0.15) is 0 Å². The van der Waals surface area contributed by atoms with Crippen LogP contribution in [0.1, 0.15) is 59.8 Å². The van der Waals surface area contributed by atoms with Gasteiger partial charge in [-0.25, -0.2) is 0 Å². The summed E-state index contributed by atoms with van der Waals surface area (Å²) >= 11 is 0. The fraction of sp³-hybridized carbons (Fsp3) is 1.00. The molecule has 5 heteroatoms. The van der Waals surface area contributed by atoms with Crippen LogP contribution in [0.25, 0.3) is 0 Å². The predicted octanol–water partition coefficient (Wildman–Crippen LogP) is 3.19. The molecule has 0 aromatic carbocycles. The molecule has 116 valence electrons. The SMILES string of the molecule is CCCC[C@H](N)B1O[C@@H]2C[C@@H]3C[C@@H](C3(C)C)[C@]2(C)O1.Cl. The van der Waals surface area contributed by atoms with E-state index in [0.29, 0.717) is 11.3 Å². The van der Waals surface area contributed by atoms with Crippen LogP contribution in [0.5, 0.6) is 0 Å². The first-order chi connectivity index (χ1) is 8.89. The monoisotopic (exact) mass is 301 g/mol. The smallest absolute Gasteiger partial charge is 0.404 e. The standard InChI is InChI=1S/C15H28BNO2.ClH/c1-5-6-7-13(17)16-18-12-9-10-8-11(14(10,2)3)15(12,4)19-16;/h10-13H,5-9,17H2,1-4H3;1H/t10-,11-,12+,13-,15-;/m0./s1. The summed E-state index contributed by atoms with van der Waals surface area (Å²) in [7, 11) is -0.184. The maximum atomic E-state index is 6.35. The molecule has 1 aliphatic heterocycles. The molecule has 0 aromatic heterocycles. The minimum absolute atomic E-state index is 0. The van der Waals surface area contributed by atoms with E-state index in [2.05, 4.69) is 27.7 Å². The van der Waals surface area contributed by atoms with Crippen LogP contribution in [0.2, 0.25) is 0 Å². The summed E-state index contributed by atoms with van der Waals surface area (Å²) < 4.78 is 12.5. The molecule has 0 aromatic rings. The first kappa shape index (κ1) is 16.6. The lowest BCUT2D eigenvalue weighted by molar-refractivity contribution is -0.199. The molecule has 0 amide bonds. The van der Waals surface area contributed by atoms with Gasteiger partial charge in [-0.15, -0.1) is 12.4 Å². The van der Waals surface area contributed by atoms with Crippen molar-refractivity contribution in [3.63, 3.8) is 0 Å². The normalized spacial score (nSPS) is 42.5. The summed E-state index contributed by atoms with van der Waals surface area (Å²) in [6.07, 6.45) is 6.06. The molecule has 1 heterocycles. The molecule has 0 unspecified atom stereocenters. The van der Waals surface area contributed by atoms with Crippen molar-refractivity contribution in [2.45, 2.75) is 77.4 Å². The second kappa shape index (κ2) is 5.46. The summed E-state index contributed by atoms with van der Waals surface area (Å²) in [6, 6.07) is 0. The van der Waals surface area contributed by atoms with Crippen LogP contribution in [0.4, 0.5) is 0 Å². The van der Waals surface area contributed by atoms with Gasteiger partial charge in [0.1, 0.15) is 0 Å². The third kappa shape index (κ3) is 2.23. The lowest BCUT2D eigenvalue weighted by Gasteiger charge is -2.64. The van der Waals surface area contributed by atoms with Crippen molar-refractivity contribution in [2.24, 2.45) is 23.0 Å². The van der Waals surface area contributed by atoms with E-state index in [1.807, 2.05) is 0 Å². The number of hydrogen-bond acceptors (Lipinski definition) is 3. The largest absolute Gasteiger partial charge is 0.475 e. The van der Waals surface area contributed by atoms with E-state index in [9.17, 15) is 0 Å². The average molecular weight is 302 g/mol. The van der Waals surface area contributed by atoms with Crippen molar-refractivity contribution in [1.82, 2.24) is 0 Å². The molecule has 20 heavy (non-hydrogen) atoms. The Kier molecular flexibility index (Phi) is 4.53. The number of rotatable bonds is 4. The van der Waals surface area contributed by atoms with Gasteiger partial charge in [0.15, 0.2) is 0 Å². The molecule has 2 N–H and O–H groups in total. The van der Waals surface area contributed by atoms with Crippen molar-refractivity contribution in [3.05, 3.63) is 0 Å². The Bertz CT molecular complexity index is 368. The molecule has 0 spiro atoms. The Labute approximate surface area is 129 Å². The van der Waals surface area contributed by atoms with E-state index in [4.69, 9.17) is 15.0 Å². The zero-order chi connectivity index (χ0) is 13.8. The Morgan fingerprint density at radius 1 is 1.30 bits per heavy atom. The third-order valence-electron chi connectivity index (χ3n) is 6.21. The van der Waals surface area contributed by atoms with Gasteiger partial charge in [0.2, 0.25) is 0 Å². The first-order valence-electron chi connectivity index (χ1n) is 7.98. The Balaban J connectivity index is 0.00000147. The van der Waals surface area contributed by atoms with Crippen molar-refractivity contribution < 1.29 is 9.31 Å². The highest BCUT2D eigenvalue weighted by Gasteiger charge is 2.68. The van der Waals surface area contributed by atoms with Crippen molar-refractivity contribution >= 4 is 19.5 Å². The van der Waals surface area contributed by atoms with Gasteiger partial charge in [0, 0.05) is 5.94 Å². The molecule has 5 atom stereocenters. The van der Waals surface area contributed by atoms with Gasteiger partial charge in [-0.3, -0.25) is 0 Å². The van der Waals surface area contributed by atoms with Gasteiger partial charge in [0.25, 0.3) is 0 Å². The molecule has 4 aliphatic rings. The average Bonchev–Trinajstić information content (AvgIpc) is 2.72. The summed E-state index contributed by atoms with van der Waals surface area (Å²) in [6.45, 7) is 9.23. The summed E-state index contributed by atoms with van der Waals surface area (Å²) in [4.78, 5) is 0. The quantitative estimate of drug-likeness (QED) is 0.811. The molecule has 4 fully saturated rings. The Morgan fingerprint density at radius 3 is 2.60 bits per heavy atom. The first-order valence-corrected chi connectivity index (χ1v) is 7.98. The van der Waals surface area contributed by atoms with Crippen molar-refractivity contribution in [3.8, 4) is 0 Å². The molecule has 1 saturated heterocycles. The third-order valence-corrected chi connectivity index (χ3v) is 6.21. The zero-order valence-corrected chi connectivity index (χ0v) is 14.0. The molecule has 3 nitrogen and oxygen atoms in total. The molecular formula is C15H29BClNO2. The van der Waals surface area contributed by atoms with Crippen LogP contribution in [0.15, 0.2) is 0 Å². The predicted molar refractivity (Wildman–Crippen MR) is 84.9 cm³/mol. The fourth-order valence-electron chi connectivity index (χ4n) is 4.66. The maximum Gasteiger partial charge on any atom is 0.475 e. The molecule has 3 saturated carbocycles. The van der Waals surface area contributed by atoms with Crippen molar-refractivity contribution in [2.75, 3.05) is 0 Å². The second-order valence-corrected chi connectivity index (χ2v) is 7.64. The lowest BCUT2D eigenvalue weighted by Crippen LogP contribution is -2.65. The highest BCUT2D eigenvalue weighted by Crippen LogP contribution is 2.65. The summed E-state index contributed by atoms with van der Waals surface area (Å²) in [5, 5.41) is 0. The van der Waals surface area contributed by atoms with Crippen LogP contribution in [0, 0.1) is 17.3 Å². The maximum absolute atomic E-state index is 6.35. The van der Waals surface area contributed by atoms with Crippen LogP contribution < -0.4 is 5.73 Å². The van der Waals surface area contributed by atoms with Gasteiger partial charge in [0.05, 0.1) is 11.7 Å². The minimum Gasteiger partial charge on any atom is -0.404 e. The van der Waals surface area contributed by atoms with E-state index in [1.165, 1.54) is 12.8 Å². The van der Waals surface area contributed by atoms with Crippen LogP contribution >= 0.6 is 12.4 Å². The lowest BCUT2D eigenvalue weighted by atomic mass is 9.43. The van der Waals surface area contributed by atoms with Gasteiger partial charge in [-0.05, 0) is 43.4 Å². The van der Waals surface area contributed by atoms with E-state index in [-0.39, 0.29) is 37.2 Å². The Morgan fingerprint density at radius 2 is 2.00 bits per heavy atom. The zero-order valence-electron chi connectivity index (χ0n) is 13.2. The highest BCUT2D eigenvalue weighted by molar-refractivity contribution is 6.47. The van der Waals surface area contributed by atoms with E-state index in [0.717, 1.165) is 25.2 Å². The van der Waals surface area contributed by atoms with Crippen LogP contribution in [-0.4, -0.2) is 24.8 Å². The molecular weight excluding hydrogens is 272 g/mol. The number of unbranched alkanes of at least 4 members (excludes halogenated alkanes) is 1. The van der Waals surface area contributed by atoms with Crippen molar-refractivity contribution in [1.29, 1.82) is 0 Å². The minimum atomic E-state index is -0.184. The number of hydrogen-bond donors (Lipinski definition) is 1. The summed E-state index contributed by atoms with van der Waals surface area (Å²) in [5.74, 6) is 1.47. The molecule has 0 radical (unpaired) electrons. The molecule has 3 aliphatic carbocycles. The number of halogens is 1. The van der Waals surface area contributed by atoms with E-state index >= 15 is 0 Å². The van der Waals surface area contributed by atoms with Crippen LogP contribution in [0.3, 0.4) is 0 Å². The molecule has 4 rings (SSSR count). The van der Waals surface area contributed by atoms with Gasteiger partial charge < -0.3 is 15.0 Å². The fourth-order valence-corrected chi connectivity index (χ4v) is 4.66. The topological polar surface area (TPSA) is 44.5 Å². The van der Waals surface area contributed by atoms with E-state index < -0.39 is 0 Å². The van der Waals surface area contributed by atoms with E-state index in [1.54, 1.807) is 0 Å². The highest BCUT2D eigenvalue weighted by atomic mass is 35.5. The Hall–Kier alpha value is 0.235.